The largest absolute Gasteiger partial charge is 0.392 e. The quantitative estimate of drug-likeness (QED) is 0.734. The molecule has 0 radical (unpaired) electrons. The standard InChI is InChI=1S/C19H16O/c20-14-15-6-8-17(9-7-15)19-12-10-18(11-13-19)16-4-2-1-3-5-16/h1-13,20H,14H2. The summed E-state index contributed by atoms with van der Waals surface area (Å²) >= 11 is 0. The van der Waals surface area contributed by atoms with Crippen LogP contribution in [0.15, 0.2) is 78.9 Å². The topological polar surface area (TPSA) is 20.2 Å². The molecular weight excluding hydrogens is 244 g/mol. The van der Waals surface area contributed by atoms with E-state index in [1.54, 1.807) is 0 Å². The molecule has 0 aliphatic rings. The van der Waals surface area contributed by atoms with Gasteiger partial charge in [-0.25, -0.2) is 0 Å². The first-order chi connectivity index (χ1) is 9.86. The lowest BCUT2D eigenvalue weighted by molar-refractivity contribution is 0.282. The number of benzene rings is 3. The third-order valence-corrected chi connectivity index (χ3v) is 3.46. The number of hydrogen-bond donors (Lipinski definition) is 1. The zero-order valence-corrected chi connectivity index (χ0v) is 11.2. The Morgan fingerprint density at radius 2 is 0.900 bits per heavy atom. The molecular formula is C19H16O. The third kappa shape index (κ3) is 2.63. The predicted octanol–water partition coefficient (Wildman–Crippen LogP) is 4.51. The second-order valence-corrected chi connectivity index (χ2v) is 4.80. The highest BCUT2D eigenvalue weighted by molar-refractivity contribution is 5.70. The Labute approximate surface area is 119 Å². The monoisotopic (exact) mass is 260 g/mol. The molecule has 3 rings (SSSR count). The van der Waals surface area contributed by atoms with E-state index in [0.717, 1.165) is 5.56 Å². The summed E-state index contributed by atoms with van der Waals surface area (Å²) in [6.45, 7) is 0.0905. The van der Waals surface area contributed by atoms with Crippen molar-refractivity contribution in [3.05, 3.63) is 84.4 Å². The van der Waals surface area contributed by atoms with Crippen LogP contribution in [0.5, 0.6) is 0 Å². The summed E-state index contributed by atoms with van der Waals surface area (Å²) < 4.78 is 0. The molecule has 0 saturated heterocycles. The van der Waals surface area contributed by atoms with Crippen LogP contribution in [0.3, 0.4) is 0 Å². The highest BCUT2D eigenvalue weighted by Gasteiger charge is 2.00. The average molecular weight is 260 g/mol. The van der Waals surface area contributed by atoms with E-state index in [9.17, 15) is 0 Å². The molecule has 0 unspecified atom stereocenters. The first-order valence-corrected chi connectivity index (χ1v) is 6.72. The minimum atomic E-state index is 0.0905. The van der Waals surface area contributed by atoms with Crippen molar-refractivity contribution in [2.24, 2.45) is 0 Å². The SMILES string of the molecule is OCc1ccc(-c2ccc(-c3ccccc3)cc2)cc1. The lowest BCUT2D eigenvalue weighted by Crippen LogP contribution is -1.83. The second kappa shape index (κ2) is 5.72. The van der Waals surface area contributed by atoms with Crippen LogP contribution in [0.25, 0.3) is 22.3 Å². The van der Waals surface area contributed by atoms with Gasteiger partial charge >= 0.3 is 0 Å². The van der Waals surface area contributed by atoms with Crippen LogP contribution in [-0.2, 0) is 6.61 Å². The third-order valence-electron chi connectivity index (χ3n) is 3.46. The van der Waals surface area contributed by atoms with Crippen LogP contribution < -0.4 is 0 Å². The van der Waals surface area contributed by atoms with Gasteiger partial charge in [0.05, 0.1) is 6.61 Å². The highest BCUT2D eigenvalue weighted by atomic mass is 16.3. The summed E-state index contributed by atoms with van der Waals surface area (Å²) in [5.41, 5.74) is 5.75. The van der Waals surface area contributed by atoms with Crippen LogP contribution in [-0.4, -0.2) is 5.11 Å². The van der Waals surface area contributed by atoms with E-state index < -0.39 is 0 Å². The maximum Gasteiger partial charge on any atom is 0.0681 e. The van der Waals surface area contributed by atoms with Crippen molar-refractivity contribution in [2.45, 2.75) is 6.61 Å². The van der Waals surface area contributed by atoms with E-state index in [1.807, 2.05) is 30.3 Å². The van der Waals surface area contributed by atoms with Gasteiger partial charge in [-0.2, -0.15) is 0 Å². The van der Waals surface area contributed by atoms with E-state index in [-0.39, 0.29) is 6.61 Å². The van der Waals surface area contributed by atoms with Gasteiger partial charge in [-0.3, -0.25) is 0 Å². The van der Waals surface area contributed by atoms with E-state index in [0.29, 0.717) is 0 Å². The van der Waals surface area contributed by atoms with Crippen LogP contribution in [0.1, 0.15) is 5.56 Å². The van der Waals surface area contributed by atoms with Crippen LogP contribution in [0.2, 0.25) is 0 Å². The van der Waals surface area contributed by atoms with Crippen molar-refractivity contribution >= 4 is 0 Å². The van der Waals surface area contributed by atoms with Crippen molar-refractivity contribution in [3.8, 4) is 22.3 Å². The average Bonchev–Trinajstić information content (AvgIpc) is 2.56. The molecule has 0 heterocycles. The van der Waals surface area contributed by atoms with Crippen LogP contribution >= 0.6 is 0 Å². The fraction of sp³-hybridized carbons (Fsp3) is 0.0526. The number of aliphatic hydroxyl groups excluding tert-OH is 1. The summed E-state index contributed by atoms with van der Waals surface area (Å²) in [7, 11) is 0. The molecule has 0 amide bonds. The molecule has 98 valence electrons. The summed E-state index contributed by atoms with van der Waals surface area (Å²) in [5, 5.41) is 9.06. The maximum atomic E-state index is 9.06. The first-order valence-electron chi connectivity index (χ1n) is 6.72. The number of hydrogen-bond acceptors (Lipinski definition) is 1. The molecule has 0 spiro atoms. The van der Waals surface area contributed by atoms with Crippen LogP contribution in [0, 0.1) is 0 Å². The molecule has 0 atom stereocenters. The normalized spacial score (nSPS) is 10.4. The van der Waals surface area contributed by atoms with Gasteiger partial charge < -0.3 is 5.11 Å². The molecule has 0 aromatic heterocycles. The smallest absolute Gasteiger partial charge is 0.0681 e. The maximum absolute atomic E-state index is 9.06. The summed E-state index contributed by atoms with van der Waals surface area (Å²) in [5.74, 6) is 0. The number of aliphatic hydroxyl groups is 1. The molecule has 0 saturated carbocycles. The fourth-order valence-corrected chi connectivity index (χ4v) is 2.29. The van der Waals surface area contributed by atoms with E-state index in [1.165, 1.54) is 22.3 Å². The van der Waals surface area contributed by atoms with Gasteiger partial charge in [0.2, 0.25) is 0 Å². The molecule has 0 aliphatic heterocycles. The van der Waals surface area contributed by atoms with Crippen molar-refractivity contribution in [3.63, 3.8) is 0 Å². The molecule has 3 aromatic carbocycles. The van der Waals surface area contributed by atoms with Gasteiger partial charge in [-0.15, -0.1) is 0 Å². The Morgan fingerprint density at radius 1 is 0.500 bits per heavy atom. The van der Waals surface area contributed by atoms with Crippen molar-refractivity contribution < 1.29 is 5.11 Å². The van der Waals surface area contributed by atoms with Gasteiger partial charge in [0.15, 0.2) is 0 Å². The highest BCUT2D eigenvalue weighted by Crippen LogP contribution is 2.24. The van der Waals surface area contributed by atoms with Crippen molar-refractivity contribution in [1.29, 1.82) is 0 Å². The van der Waals surface area contributed by atoms with Crippen LogP contribution in [0.4, 0.5) is 0 Å². The first kappa shape index (κ1) is 12.6. The summed E-state index contributed by atoms with van der Waals surface area (Å²) in [6.07, 6.45) is 0. The van der Waals surface area contributed by atoms with Gasteiger partial charge in [-0.05, 0) is 27.8 Å². The van der Waals surface area contributed by atoms with E-state index in [4.69, 9.17) is 5.11 Å². The molecule has 0 aliphatic carbocycles. The Kier molecular flexibility index (Phi) is 3.62. The number of rotatable bonds is 3. The lowest BCUT2D eigenvalue weighted by Gasteiger charge is -2.05. The predicted molar refractivity (Wildman–Crippen MR) is 83.2 cm³/mol. The Bertz CT molecular complexity index is 667. The molecule has 20 heavy (non-hydrogen) atoms. The molecule has 0 bridgehead atoms. The summed E-state index contributed by atoms with van der Waals surface area (Å²) in [6, 6.07) is 26.9. The lowest BCUT2D eigenvalue weighted by atomic mass is 10.00. The van der Waals surface area contributed by atoms with E-state index >= 15 is 0 Å². The minimum Gasteiger partial charge on any atom is -0.392 e. The summed E-state index contributed by atoms with van der Waals surface area (Å²) in [4.78, 5) is 0. The minimum absolute atomic E-state index is 0.0905. The second-order valence-electron chi connectivity index (χ2n) is 4.80. The van der Waals surface area contributed by atoms with Gasteiger partial charge in [0.1, 0.15) is 0 Å². The molecule has 1 nitrogen and oxygen atoms in total. The van der Waals surface area contributed by atoms with Gasteiger partial charge in [0.25, 0.3) is 0 Å². The fourth-order valence-electron chi connectivity index (χ4n) is 2.29. The molecule has 3 aromatic rings. The van der Waals surface area contributed by atoms with E-state index in [2.05, 4.69) is 48.5 Å². The molecule has 1 heteroatoms. The Hall–Kier alpha value is -2.38. The Morgan fingerprint density at radius 3 is 1.35 bits per heavy atom. The zero-order valence-electron chi connectivity index (χ0n) is 11.2. The zero-order chi connectivity index (χ0) is 13.8. The molecule has 1 N–H and O–H groups in total. The van der Waals surface area contributed by atoms with Gasteiger partial charge in [0, 0.05) is 0 Å². The molecule has 0 fully saturated rings. The van der Waals surface area contributed by atoms with Gasteiger partial charge in [-0.1, -0.05) is 78.9 Å². The Balaban J connectivity index is 1.89. The van der Waals surface area contributed by atoms with Crippen molar-refractivity contribution in [2.75, 3.05) is 0 Å². The van der Waals surface area contributed by atoms with Crippen molar-refractivity contribution in [1.82, 2.24) is 0 Å².